The maximum absolute atomic E-state index is 11.1. The Morgan fingerprint density at radius 1 is 1.11 bits per heavy atom. The predicted molar refractivity (Wildman–Crippen MR) is 66.4 cm³/mol. The molecule has 0 radical (unpaired) electrons. The molecule has 0 aromatic heterocycles. The summed E-state index contributed by atoms with van der Waals surface area (Å²) in [7, 11) is 0. The molecule has 0 saturated heterocycles. The van der Waals surface area contributed by atoms with Crippen LogP contribution in [-0.4, -0.2) is 65.7 Å². The molecule has 8 nitrogen and oxygen atoms in total. The van der Waals surface area contributed by atoms with Gasteiger partial charge in [-0.2, -0.15) is 0 Å². The van der Waals surface area contributed by atoms with E-state index in [9.17, 15) is 9.59 Å². The largest absolute Gasteiger partial charge is 0.479 e. The molecule has 6 N–H and O–H groups in total. The highest BCUT2D eigenvalue weighted by Gasteiger charge is 2.31. The van der Waals surface area contributed by atoms with Crippen molar-refractivity contribution in [1.82, 2.24) is 5.32 Å². The van der Waals surface area contributed by atoms with Gasteiger partial charge in [-0.1, -0.05) is 0 Å². The third-order valence-corrected chi connectivity index (χ3v) is 2.34. The Morgan fingerprint density at radius 2 is 1.74 bits per heavy atom. The summed E-state index contributed by atoms with van der Waals surface area (Å²) < 4.78 is 4.63. The summed E-state index contributed by atoms with van der Waals surface area (Å²) in [4.78, 5) is 21.4. The first-order valence-electron chi connectivity index (χ1n) is 6.17. The van der Waals surface area contributed by atoms with Crippen LogP contribution in [0.3, 0.4) is 0 Å². The number of carbonyl (C=O) groups is 2. The molecular weight excluding hydrogens is 256 g/mol. The lowest BCUT2D eigenvalue weighted by Crippen LogP contribution is -2.40. The molecule has 0 aliphatic rings. The minimum Gasteiger partial charge on any atom is -0.479 e. The summed E-state index contributed by atoms with van der Waals surface area (Å²) in [6.45, 7) is 2.16. The second-order valence-corrected chi connectivity index (χ2v) is 3.99. The van der Waals surface area contributed by atoms with Crippen LogP contribution >= 0.6 is 0 Å². The standard InChI is InChI=1S/C11H22N2O6/c12-4-1-2-5-13-6-3-7-19-11(18)9(15)8(14)10(16)17/h8-9,13-15H,1-7,12H2,(H,16,17). The number of hydrogen-bond donors (Lipinski definition) is 5. The zero-order chi connectivity index (χ0) is 14.7. The van der Waals surface area contributed by atoms with E-state index in [0.717, 1.165) is 19.4 Å². The highest BCUT2D eigenvalue weighted by atomic mass is 16.5. The number of aliphatic hydroxyl groups excluding tert-OH is 2. The van der Waals surface area contributed by atoms with E-state index in [4.69, 9.17) is 21.1 Å². The molecule has 0 saturated carbocycles. The predicted octanol–water partition coefficient (Wildman–Crippen LogP) is -1.95. The normalized spacial score (nSPS) is 13.8. The van der Waals surface area contributed by atoms with Gasteiger partial charge < -0.3 is 31.1 Å². The van der Waals surface area contributed by atoms with Crippen molar-refractivity contribution in [2.75, 3.05) is 26.2 Å². The van der Waals surface area contributed by atoms with Gasteiger partial charge in [0.1, 0.15) is 0 Å². The molecule has 0 bridgehead atoms. The minimum atomic E-state index is -2.16. The van der Waals surface area contributed by atoms with Crippen LogP contribution in [0.1, 0.15) is 19.3 Å². The van der Waals surface area contributed by atoms with E-state index in [2.05, 4.69) is 10.1 Å². The number of carboxylic acids is 1. The van der Waals surface area contributed by atoms with Crippen molar-refractivity contribution in [3.63, 3.8) is 0 Å². The van der Waals surface area contributed by atoms with Gasteiger partial charge in [-0.05, 0) is 38.9 Å². The fraction of sp³-hybridized carbons (Fsp3) is 0.818. The quantitative estimate of drug-likeness (QED) is 0.217. The van der Waals surface area contributed by atoms with Crippen molar-refractivity contribution in [2.24, 2.45) is 5.73 Å². The zero-order valence-corrected chi connectivity index (χ0v) is 10.7. The molecule has 2 unspecified atom stereocenters. The number of rotatable bonds is 11. The number of nitrogens with one attached hydrogen (secondary N) is 1. The number of carbonyl (C=O) groups excluding carboxylic acids is 1. The summed E-state index contributed by atoms with van der Waals surface area (Å²) in [5.74, 6) is -2.82. The monoisotopic (exact) mass is 278 g/mol. The van der Waals surface area contributed by atoms with Gasteiger partial charge in [0.25, 0.3) is 0 Å². The van der Waals surface area contributed by atoms with E-state index in [0.29, 0.717) is 19.5 Å². The van der Waals surface area contributed by atoms with Crippen molar-refractivity contribution in [3.8, 4) is 0 Å². The molecular formula is C11H22N2O6. The van der Waals surface area contributed by atoms with Gasteiger partial charge in [0.2, 0.25) is 0 Å². The first-order valence-corrected chi connectivity index (χ1v) is 6.17. The van der Waals surface area contributed by atoms with Gasteiger partial charge >= 0.3 is 11.9 Å². The topological polar surface area (TPSA) is 142 Å². The van der Waals surface area contributed by atoms with Crippen LogP contribution < -0.4 is 11.1 Å². The SMILES string of the molecule is NCCCCNCCCOC(=O)C(O)C(O)C(=O)O. The minimum absolute atomic E-state index is 0.0477. The van der Waals surface area contributed by atoms with Crippen LogP contribution in [0.4, 0.5) is 0 Å². The van der Waals surface area contributed by atoms with Crippen LogP contribution in [0, 0.1) is 0 Å². The van der Waals surface area contributed by atoms with E-state index in [1.807, 2.05) is 0 Å². The molecule has 0 rings (SSSR count). The highest BCUT2D eigenvalue weighted by Crippen LogP contribution is 1.98. The number of unbranched alkanes of at least 4 members (excludes halogenated alkanes) is 1. The molecule has 0 fully saturated rings. The second-order valence-electron chi connectivity index (χ2n) is 3.99. The summed E-state index contributed by atoms with van der Waals surface area (Å²) in [5, 5.41) is 29.5. The molecule has 0 heterocycles. The fourth-order valence-corrected chi connectivity index (χ4v) is 1.24. The van der Waals surface area contributed by atoms with Gasteiger partial charge in [-0.25, -0.2) is 9.59 Å². The Labute approximate surface area is 111 Å². The summed E-state index contributed by atoms with van der Waals surface area (Å²) >= 11 is 0. The average Bonchev–Trinajstić information content (AvgIpc) is 2.39. The zero-order valence-electron chi connectivity index (χ0n) is 10.7. The number of ether oxygens (including phenoxy) is 1. The van der Waals surface area contributed by atoms with Crippen molar-refractivity contribution in [1.29, 1.82) is 0 Å². The Kier molecular flexibility index (Phi) is 9.99. The Hall–Kier alpha value is -1.22. The molecule has 0 aromatic carbocycles. The summed E-state index contributed by atoms with van der Waals surface area (Å²) in [5.41, 5.74) is 5.33. The van der Waals surface area contributed by atoms with Crippen molar-refractivity contribution >= 4 is 11.9 Å². The van der Waals surface area contributed by atoms with Crippen molar-refractivity contribution in [2.45, 2.75) is 31.5 Å². The van der Waals surface area contributed by atoms with Crippen molar-refractivity contribution < 1.29 is 29.6 Å². The van der Waals surface area contributed by atoms with Crippen molar-refractivity contribution in [3.05, 3.63) is 0 Å². The molecule has 8 heteroatoms. The lowest BCUT2D eigenvalue weighted by molar-refractivity contribution is -0.169. The van der Waals surface area contributed by atoms with Gasteiger partial charge in [-0.15, -0.1) is 0 Å². The van der Waals surface area contributed by atoms with Crippen LogP contribution in [-0.2, 0) is 14.3 Å². The first-order chi connectivity index (χ1) is 9.00. The number of hydrogen-bond acceptors (Lipinski definition) is 7. The van der Waals surface area contributed by atoms with Crippen LogP contribution in [0.2, 0.25) is 0 Å². The molecule has 0 spiro atoms. The van der Waals surface area contributed by atoms with Gasteiger partial charge in [-0.3, -0.25) is 0 Å². The number of nitrogens with two attached hydrogens (primary N) is 1. The van der Waals surface area contributed by atoms with E-state index < -0.39 is 24.1 Å². The lowest BCUT2D eigenvalue weighted by atomic mass is 10.2. The molecule has 0 aliphatic heterocycles. The molecule has 0 amide bonds. The maximum atomic E-state index is 11.1. The molecule has 0 aliphatic carbocycles. The number of esters is 1. The first kappa shape index (κ1) is 17.8. The molecule has 2 atom stereocenters. The average molecular weight is 278 g/mol. The third-order valence-electron chi connectivity index (χ3n) is 2.34. The lowest BCUT2D eigenvalue weighted by Gasteiger charge is -2.13. The fourth-order valence-electron chi connectivity index (χ4n) is 1.24. The second kappa shape index (κ2) is 10.7. The van der Waals surface area contributed by atoms with Crippen LogP contribution in [0.15, 0.2) is 0 Å². The van der Waals surface area contributed by atoms with Crippen LogP contribution in [0.25, 0.3) is 0 Å². The molecule has 19 heavy (non-hydrogen) atoms. The van der Waals surface area contributed by atoms with Gasteiger partial charge in [0.15, 0.2) is 12.2 Å². The third kappa shape index (κ3) is 8.49. The Bertz CT molecular complexity index is 274. The summed E-state index contributed by atoms with van der Waals surface area (Å²) in [6.07, 6.45) is -1.78. The van der Waals surface area contributed by atoms with E-state index in [-0.39, 0.29) is 6.61 Å². The van der Waals surface area contributed by atoms with E-state index in [1.165, 1.54) is 0 Å². The maximum Gasteiger partial charge on any atom is 0.338 e. The highest BCUT2D eigenvalue weighted by molar-refractivity contribution is 5.84. The molecule has 0 aromatic rings. The van der Waals surface area contributed by atoms with Crippen LogP contribution in [0.5, 0.6) is 0 Å². The van der Waals surface area contributed by atoms with E-state index in [1.54, 1.807) is 0 Å². The van der Waals surface area contributed by atoms with E-state index >= 15 is 0 Å². The Morgan fingerprint density at radius 3 is 2.32 bits per heavy atom. The number of carboxylic acid groups (broad SMARTS) is 1. The number of aliphatic carboxylic acids is 1. The smallest absolute Gasteiger partial charge is 0.338 e. The summed E-state index contributed by atoms with van der Waals surface area (Å²) in [6, 6.07) is 0. The molecule has 112 valence electrons. The van der Waals surface area contributed by atoms with Gasteiger partial charge in [0.05, 0.1) is 6.61 Å². The van der Waals surface area contributed by atoms with Gasteiger partial charge in [0, 0.05) is 0 Å². The Balaban J connectivity index is 3.55. The number of aliphatic hydroxyl groups is 2.